The van der Waals surface area contributed by atoms with Crippen molar-refractivity contribution in [3.05, 3.63) is 71.3 Å². The first kappa shape index (κ1) is 14.3. The summed E-state index contributed by atoms with van der Waals surface area (Å²) in [6, 6.07) is 15.8. The van der Waals surface area contributed by atoms with Crippen LogP contribution < -0.4 is 0 Å². The van der Waals surface area contributed by atoms with Gasteiger partial charge in [0.1, 0.15) is 5.25 Å². The second-order valence-electron chi connectivity index (χ2n) is 4.27. The number of carbonyl (C=O) groups excluding carboxylic acids is 1. The van der Waals surface area contributed by atoms with E-state index in [1.807, 2.05) is 6.07 Å². The number of aliphatic carboxylic acids is 1. The molecule has 0 radical (unpaired) electrons. The predicted molar refractivity (Wildman–Crippen MR) is 80.2 cm³/mol. The van der Waals surface area contributed by atoms with Gasteiger partial charge in [0.25, 0.3) is 0 Å². The van der Waals surface area contributed by atoms with Crippen molar-refractivity contribution in [1.82, 2.24) is 0 Å². The van der Waals surface area contributed by atoms with E-state index in [1.165, 1.54) is 11.8 Å². The molecule has 0 saturated heterocycles. The van der Waals surface area contributed by atoms with Crippen LogP contribution in [0.15, 0.2) is 54.6 Å². The van der Waals surface area contributed by atoms with Gasteiger partial charge in [-0.2, -0.15) is 0 Å². The van der Waals surface area contributed by atoms with Gasteiger partial charge in [-0.1, -0.05) is 48.5 Å². The van der Waals surface area contributed by atoms with E-state index in [0.717, 1.165) is 0 Å². The molecular weight excluding hydrogens is 272 g/mol. The topological polar surface area (TPSA) is 54.4 Å². The number of ketones is 1. The van der Waals surface area contributed by atoms with Gasteiger partial charge in [0.2, 0.25) is 0 Å². The van der Waals surface area contributed by atoms with E-state index in [9.17, 15) is 9.59 Å². The van der Waals surface area contributed by atoms with Gasteiger partial charge >= 0.3 is 5.97 Å². The molecule has 3 nitrogen and oxygen atoms in total. The molecule has 0 saturated carbocycles. The van der Waals surface area contributed by atoms with Crippen LogP contribution in [0.3, 0.4) is 0 Å². The van der Waals surface area contributed by atoms with Crippen molar-refractivity contribution >= 4 is 23.5 Å². The molecule has 2 aromatic carbocycles. The summed E-state index contributed by atoms with van der Waals surface area (Å²) in [5.41, 5.74) is 1.74. The van der Waals surface area contributed by atoms with Crippen LogP contribution in [0.4, 0.5) is 0 Å². The first-order valence-electron chi connectivity index (χ1n) is 6.09. The Morgan fingerprint density at radius 2 is 1.65 bits per heavy atom. The van der Waals surface area contributed by atoms with Crippen LogP contribution >= 0.6 is 11.8 Å². The van der Waals surface area contributed by atoms with Crippen molar-refractivity contribution in [2.75, 3.05) is 6.26 Å². The maximum absolute atomic E-state index is 12.3. The second-order valence-corrected chi connectivity index (χ2v) is 5.22. The first-order valence-corrected chi connectivity index (χ1v) is 7.37. The van der Waals surface area contributed by atoms with Crippen molar-refractivity contribution in [2.45, 2.75) is 5.25 Å². The van der Waals surface area contributed by atoms with E-state index in [2.05, 4.69) is 0 Å². The highest BCUT2D eigenvalue weighted by molar-refractivity contribution is 7.99. The highest BCUT2D eigenvalue weighted by atomic mass is 32.2. The van der Waals surface area contributed by atoms with Gasteiger partial charge in [0.15, 0.2) is 5.78 Å². The molecule has 0 fully saturated rings. The Morgan fingerprint density at radius 3 is 2.25 bits per heavy atom. The van der Waals surface area contributed by atoms with Crippen LogP contribution in [0.1, 0.15) is 26.7 Å². The molecule has 1 N–H and O–H groups in total. The first-order chi connectivity index (χ1) is 9.63. The van der Waals surface area contributed by atoms with Crippen LogP contribution in [-0.2, 0) is 4.79 Å². The van der Waals surface area contributed by atoms with E-state index in [-0.39, 0.29) is 5.78 Å². The van der Waals surface area contributed by atoms with Crippen molar-refractivity contribution in [3.8, 4) is 0 Å². The van der Waals surface area contributed by atoms with Crippen LogP contribution in [0, 0.1) is 0 Å². The summed E-state index contributed by atoms with van der Waals surface area (Å²) in [6.45, 7) is 0. The molecule has 0 aliphatic heterocycles. The van der Waals surface area contributed by atoms with Crippen molar-refractivity contribution in [3.63, 3.8) is 0 Å². The zero-order valence-electron chi connectivity index (χ0n) is 10.9. The maximum Gasteiger partial charge on any atom is 0.321 e. The molecule has 0 spiro atoms. The number of carboxylic acids is 1. The summed E-state index contributed by atoms with van der Waals surface area (Å²) in [5, 5.41) is 8.51. The lowest BCUT2D eigenvalue weighted by Crippen LogP contribution is -2.09. The minimum absolute atomic E-state index is 0.0994. The fraction of sp³-hybridized carbons (Fsp3) is 0.125. The van der Waals surface area contributed by atoms with Crippen LogP contribution in [-0.4, -0.2) is 23.1 Å². The fourth-order valence-corrected chi connectivity index (χ4v) is 2.60. The quantitative estimate of drug-likeness (QED) is 0.856. The number of hydrogen-bond acceptors (Lipinski definition) is 3. The lowest BCUT2D eigenvalue weighted by molar-refractivity contribution is -0.136. The van der Waals surface area contributed by atoms with Gasteiger partial charge in [0.05, 0.1) is 0 Å². The highest BCUT2D eigenvalue weighted by Crippen LogP contribution is 2.27. The summed E-state index contributed by atoms with van der Waals surface area (Å²) in [6.07, 6.45) is 1.74. The Labute approximate surface area is 121 Å². The van der Waals surface area contributed by atoms with Crippen LogP contribution in [0.5, 0.6) is 0 Å². The Balaban J connectivity index is 2.35. The standard InChI is InChI=1S/C16H14O3S/c1-20-15(16(18)19)13-9-5-8-12(10-13)14(17)11-6-3-2-4-7-11/h2-10,15H,1H3,(H,18,19). The summed E-state index contributed by atoms with van der Waals surface area (Å²) in [4.78, 5) is 23.5. The molecule has 102 valence electrons. The number of benzene rings is 2. The van der Waals surface area contributed by atoms with Gasteiger partial charge in [-0.25, -0.2) is 0 Å². The second kappa shape index (κ2) is 6.39. The number of rotatable bonds is 5. The summed E-state index contributed by atoms with van der Waals surface area (Å²) in [5.74, 6) is -1.00. The fourth-order valence-electron chi connectivity index (χ4n) is 1.98. The van der Waals surface area contributed by atoms with Crippen molar-refractivity contribution < 1.29 is 14.7 Å². The van der Waals surface area contributed by atoms with Gasteiger partial charge in [-0.05, 0) is 17.9 Å². The number of thioether (sulfide) groups is 1. The van der Waals surface area contributed by atoms with E-state index in [4.69, 9.17) is 5.11 Å². The average Bonchev–Trinajstić information content (AvgIpc) is 2.48. The Morgan fingerprint density at radius 1 is 1.00 bits per heavy atom. The summed E-state index contributed by atoms with van der Waals surface area (Å²) >= 11 is 1.24. The number of hydrogen-bond donors (Lipinski definition) is 1. The molecule has 2 rings (SSSR count). The molecular formula is C16H14O3S. The molecule has 0 bridgehead atoms. The lowest BCUT2D eigenvalue weighted by Gasteiger charge is -2.11. The largest absolute Gasteiger partial charge is 0.480 e. The molecule has 0 heterocycles. The zero-order valence-corrected chi connectivity index (χ0v) is 11.8. The third-order valence-corrected chi connectivity index (χ3v) is 3.89. The molecule has 4 heteroatoms. The minimum Gasteiger partial charge on any atom is -0.480 e. The average molecular weight is 286 g/mol. The van der Waals surface area contributed by atoms with Crippen LogP contribution in [0.2, 0.25) is 0 Å². The number of carbonyl (C=O) groups is 2. The van der Waals surface area contributed by atoms with Gasteiger partial charge in [-0.3, -0.25) is 9.59 Å². The molecule has 2 aromatic rings. The Kier molecular flexibility index (Phi) is 4.58. The molecule has 0 aliphatic carbocycles. The molecule has 0 aromatic heterocycles. The SMILES string of the molecule is CSC(C(=O)O)c1cccc(C(=O)c2ccccc2)c1. The Hall–Kier alpha value is -2.07. The summed E-state index contributed by atoms with van der Waals surface area (Å²) < 4.78 is 0. The van der Waals surface area contributed by atoms with Crippen LogP contribution in [0.25, 0.3) is 0 Å². The van der Waals surface area contributed by atoms with Gasteiger partial charge in [-0.15, -0.1) is 11.8 Å². The van der Waals surface area contributed by atoms with E-state index in [0.29, 0.717) is 16.7 Å². The van der Waals surface area contributed by atoms with Gasteiger partial charge in [0, 0.05) is 11.1 Å². The molecule has 0 amide bonds. The molecule has 0 aliphatic rings. The highest BCUT2D eigenvalue weighted by Gasteiger charge is 2.19. The smallest absolute Gasteiger partial charge is 0.321 e. The molecule has 1 unspecified atom stereocenters. The number of carboxylic acid groups (broad SMARTS) is 1. The summed E-state index contributed by atoms with van der Waals surface area (Å²) in [7, 11) is 0. The van der Waals surface area contributed by atoms with Crippen molar-refractivity contribution in [1.29, 1.82) is 0 Å². The minimum atomic E-state index is -0.901. The van der Waals surface area contributed by atoms with E-state index < -0.39 is 11.2 Å². The normalized spacial score (nSPS) is 11.8. The van der Waals surface area contributed by atoms with E-state index in [1.54, 1.807) is 54.8 Å². The predicted octanol–water partition coefficient (Wildman–Crippen LogP) is 3.41. The van der Waals surface area contributed by atoms with Crippen molar-refractivity contribution in [2.24, 2.45) is 0 Å². The maximum atomic E-state index is 12.3. The Bertz CT molecular complexity index is 623. The monoisotopic (exact) mass is 286 g/mol. The molecule has 20 heavy (non-hydrogen) atoms. The van der Waals surface area contributed by atoms with Gasteiger partial charge < -0.3 is 5.11 Å². The zero-order chi connectivity index (χ0) is 14.5. The lowest BCUT2D eigenvalue weighted by atomic mass is 10.0. The van der Waals surface area contributed by atoms with E-state index >= 15 is 0 Å². The third-order valence-electron chi connectivity index (χ3n) is 2.95. The molecule has 1 atom stereocenters. The third kappa shape index (κ3) is 3.08.